The zero-order valence-electron chi connectivity index (χ0n) is 24.6. The van der Waals surface area contributed by atoms with E-state index in [4.69, 9.17) is 24.2 Å². The lowest BCUT2D eigenvalue weighted by atomic mass is 10.0. The number of fused-ring (bicyclic) bond motifs is 1. The molecule has 1 fully saturated rings. The minimum Gasteiger partial charge on any atom is -0.490 e. The molecule has 0 saturated heterocycles. The molecular formula is C31H28F4N4O8. The fraction of sp³-hybridized carbons (Fsp3) is 0.355. The van der Waals surface area contributed by atoms with Crippen LogP contribution in [-0.2, 0) is 26.2 Å². The third kappa shape index (κ3) is 7.93. The number of nitrogens with one attached hydrogen (secondary N) is 1. The number of ether oxygens (including phenoxy) is 2. The normalized spacial score (nSPS) is 13.7. The average Bonchev–Trinajstić information content (AvgIpc) is 3.71. The zero-order valence-corrected chi connectivity index (χ0v) is 24.6. The van der Waals surface area contributed by atoms with Crippen molar-refractivity contribution in [2.45, 2.75) is 56.5 Å². The number of aliphatic carboxylic acids is 2. The zero-order chi connectivity index (χ0) is 33.8. The molecular weight excluding hydrogens is 632 g/mol. The molecule has 2 aromatic heterocycles. The molecule has 2 heterocycles. The summed E-state index contributed by atoms with van der Waals surface area (Å²) in [6, 6.07) is 8.17. The number of carboxylic acids is 2. The summed E-state index contributed by atoms with van der Waals surface area (Å²) >= 11 is 0. The Balaban J connectivity index is 1.28. The van der Waals surface area contributed by atoms with Gasteiger partial charge < -0.3 is 29.5 Å². The Bertz CT molecular complexity index is 1810. The number of carbonyl (C=O) groups excluding carboxylic acids is 1. The predicted octanol–water partition coefficient (Wildman–Crippen LogP) is 5.69. The summed E-state index contributed by atoms with van der Waals surface area (Å²) in [6.07, 6.45) is -3.54. The fourth-order valence-corrected chi connectivity index (χ4v) is 4.76. The van der Waals surface area contributed by atoms with E-state index in [1.54, 1.807) is 6.07 Å². The summed E-state index contributed by atoms with van der Waals surface area (Å²) in [6.45, 7) is 0.139. The van der Waals surface area contributed by atoms with Gasteiger partial charge in [0.15, 0.2) is 23.1 Å². The van der Waals surface area contributed by atoms with Gasteiger partial charge in [-0.25, -0.2) is 9.37 Å². The summed E-state index contributed by atoms with van der Waals surface area (Å²) in [5.41, 5.74) is -0.711. The number of hydrogen-bond donors (Lipinski definition) is 3. The van der Waals surface area contributed by atoms with Crippen molar-refractivity contribution in [3.63, 3.8) is 0 Å². The topological polar surface area (TPSA) is 174 Å². The Labute approximate surface area is 263 Å². The number of alkyl halides is 3. The van der Waals surface area contributed by atoms with Crippen molar-refractivity contribution in [1.82, 2.24) is 15.1 Å². The maximum absolute atomic E-state index is 15.1. The van der Waals surface area contributed by atoms with Crippen LogP contribution in [0.15, 0.2) is 47.1 Å². The van der Waals surface area contributed by atoms with Crippen molar-refractivity contribution in [2.75, 3.05) is 18.5 Å². The number of carboxylic acid groups (broad SMARTS) is 2. The second kappa shape index (κ2) is 13.6. The van der Waals surface area contributed by atoms with Gasteiger partial charge in [0.25, 0.3) is 0 Å². The first-order chi connectivity index (χ1) is 22.3. The average molecular weight is 661 g/mol. The van der Waals surface area contributed by atoms with Gasteiger partial charge in [0.1, 0.15) is 11.2 Å². The molecule has 2 aromatic carbocycles. The SMILES string of the molecule is O=C(O)CCCOc1cc2ncc(-c3ccc(CC(=O)Nc4cc(C5(C(F)(F)F)CC5)on4)c(F)c3)nc2cc1OCCCC(=O)O. The van der Waals surface area contributed by atoms with E-state index in [1.165, 1.54) is 24.4 Å². The van der Waals surface area contributed by atoms with Gasteiger partial charge in [0.2, 0.25) is 5.91 Å². The standard InChI is InChI=1S/C31H28F4N4O8/c32-19-11-18(6-5-17(19)12-27(40)38-26-15-25(47-39-26)30(7-8-30)31(33,34)35)22-16-36-20-13-23(45-9-1-3-28(41)42)24(14-21(20)37-22)46-10-2-4-29(43)44/h5-6,11,13-16H,1-4,7-10,12H2,(H,41,42)(H,43,44)(H,38,39,40). The Hall–Kier alpha value is -5.28. The van der Waals surface area contributed by atoms with E-state index in [-0.39, 0.29) is 86.1 Å². The Morgan fingerprint density at radius 3 is 2.15 bits per heavy atom. The molecule has 0 radical (unpaired) electrons. The first-order valence-electron chi connectivity index (χ1n) is 14.5. The summed E-state index contributed by atoms with van der Waals surface area (Å²) < 4.78 is 71.4. The smallest absolute Gasteiger partial charge is 0.401 e. The van der Waals surface area contributed by atoms with Crippen LogP contribution in [0, 0.1) is 5.82 Å². The molecule has 0 aliphatic heterocycles. The summed E-state index contributed by atoms with van der Waals surface area (Å²) in [5.74, 6) is -3.48. The summed E-state index contributed by atoms with van der Waals surface area (Å²) in [4.78, 5) is 43.1. The number of rotatable bonds is 15. The maximum atomic E-state index is 15.1. The van der Waals surface area contributed by atoms with Gasteiger partial charge in [-0.15, -0.1) is 0 Å². The van der Waals surface area contributed by atoms with Crippen molar-refractivity contribution in [3.05, 3.63) is 59.7 Å². The minimum absolute atomic E-state index is 0.0133. The third-order valence-electron chi connectivity index (χ3n) is 7.43. The minimum atomic E-state index is -4.50. The number of nitrogens with zero attached hydrogens (tertiary/aromatic N) is 3. The van der Waals surface area contributed by atoms with Crippen LogP contribution < -0.4 is 14.8 Å². The Morgan fingerprint density at radius 2 is 1.57 bits per heavy atom. The molecule has 47 heavy (non-hydrogen) atoms. The maximum Gasteiger partial charge on any atom is 0.401 e. The monoisotopic (exact) mass is 660 g/mol. The van der Waals surface area contributed by atoms with Crippen molar-refractivity contribution in [2.24, 2.45) is 0 Å². The molecule has 12 nitrogen and oxygen atoms in total. The van der Waals surface area contributed by atoms with Crippen LogP contribution in [0.5, 0.6) is 11.5 Å². The van der Waals surface area contributed by atoms with E-state index in [2.05, 4.69) is 20.4 Å². The number of amides is 1. The van der Waals surface area contributed by atoms with E-state index in [9.17, 15) is 27.6 Å². The molecule has 1 amide bonds. The molecule has 0 bridgehead atoms. The first-order valence-corrected chi connectivity index (χ1v) is 14.5. The molecule has 1 saturated carbocycles. The van der Waals surface area contributed by atoms with Crippen LogP contribution in [0.25, 0.3) is 22.3 Å². The van der Waals surface area contributed by atoms with Crippen LogP contribution in [-0.4, -0.2) is 62.6 Å². The Morgan fingerprint density at radius 1 is 0.936 bits per heavy atom. The molecule has 1 aliphatic rings. The molecule has 0 spiro atoms. The molecule has 0 unspecified atom stereocenters. The molecule has 3 N–H and O–H groups in total. The van der Waals surface area contributed by atoms with Crippen LogP contribution in [0.2, 0.25) is 0 Å². The van der Waals surface area contributed by atoms with Crippen molar-refractivity contribution in [1.29, 1.82) is 0 Å². The van der Waals surface area contributed by atoms with Gasteiger partial charge in [-0.2, -0.15) is 13.2 Å². The molecule has 4 aromatic rings. The third-order valence-corrected chi connectivity index (χ3v) is 7.43. The number of hydrogen-bond acceptors (Lipinski definition) is 9. The van der Waals surface area contributed by atoms with Crippen LogP contribution >= 0.6 is 0 Å². The van der Waals surface area contributed by atoms with Gasteiger partial charge in [0.05, 0.1) is 42.6 Å². The number of carbonyl (C=O) groups is 3. The van der Waals surface area contributed by atoms with Crippen LogP contribution in [0.3, 0.4) is 0 Å². The molecule has 16 heteroatoms. The van der Waals surface area contributed by atoms with Crippen molar-refractivity contribution >= 4 is 34.7 Å². The van der Waals surface area contributed by atoms with E-state index in [0.29, 0.717) is 16.6 Å². The lowest BCUT2D eigenvalue weighted by molar-refractivity contribution is -0.165. The quantitative estimate of drug-likeness (QED) is 0.106. The first kappa shape index (κ1) is 33.1. The summed E-state index contributed by atoms with van der Waals surface area (Å²) in [7, 11) is 0. The summed E-state index contributed by atoms with van der Waals surface area (Å²) in [5, 5.41) is 23.6. The molecule has 1 aliphatic carbocycles. The van der Waals surface area contributed by atoms with Gasteiger partial charge in [-0.3, -0.25) is 19.4 Å². The van der Waals surface area contributed by atoms with E-state index in [0.717, 1.165) is 12.1 Å². The van der Waals surface area contributed by atoms with Gasteiger partial charge in [0, 0.05) is 36.6 Å². The van der Waals surface area contributed by atoms with E-state index in [1.807, 2.05) is 0 Å². The number of aromatic nitrogens is 3. The largest absolute Gasteiger partial charge is 0.490 e. The second-order valence-corrected chi connectivity index (χ2v) is 10.9. The molecule has 0 atom stereocenters. The Kier molecular flexibility index (Phi) is 9.58. The fourth-order valence-electron chi connectivity index (χ4n) is 4.76. The highest BCUT2D eigenvalue weighted by Gasteiger charge is 2.66. The highest BCUT2D eigenvalue weighted by molar-refractivity contribution is 5.91. The molecule has 5 rings (SSSR count). The van der Waals surface area contributed by atoms with Gasteiger partial charge >= 0.3 is 18.1 Å². The second-order valence-electron chi connectivity index (χ2n) is 10.9. The van der Waals surface area contributed by atoms with Crippen molar-refractivity contribution in [3.8, 4) is 22.8 Å². The van der Waals surface area contributed by atoms with Gasteiger partial charge in [-0.1, -0.05) is 17.3 Å². The number of benzene rings is 2. The molecule has 248 valence electrons. The lowest BCUT2D eigenvalue weighted by Gasteiger charge is -2.14. The number of halogens is 4. The highest BCUT2D eigenvalue weighted by Crippen LogP contribution is 2.59. The van der Waals surface area contributed by atoms with Crippen LogP contribution in [0.1, 0.15) is 49.8 Å². The predicted molar refractivity (Wildman–Crippen MR) is 155 cm³/mol. The van der Waals surface area contributed by atoms with Crippen LogP contribution in [0.4, 0.5) is 23.4 Å². The highest BCUT2D eigenvalue weighted by atomic mass is 19.4. The van der Waals surface area contributed by atoms with E-state index >= 15 is 4.39 Å². The number of anilines is 1. The van der Waals surface area contributed by atoms with Crippen molar-refractivity contribution < 1.29 is 56.2 Å². The lowest BCUT2D eigenvalue weighted by Crippen LogP contribution is -2.28. The van der Waals surface area contributed by atoms with E-state index < -0.39 is 41.7 Å². The van der Waals surface area contributed by atoms with Gasteiger partial charge in [-0.05, 0) is 37.3 Å².